The van der Waals surface area contributed by atoms with Crippen molar-refractivity contribution in [2.75, 3.05) is 53.9 Å². The van der Waals surface area contributed by atoms with Gasteiger partial charge in [0.2, 0.25) is 0 Å². The monoisotopic (exact) mass is 490 g/mol. The lowest BCUT2D eigenvalue weighted by Gasteiger charge is -2.37. The van der Waals surface area contributed by atoms with Crippen molar-refractivity contribution >= 4 is 5.96 Å². The summed E-state index contributed by atoms with van der Waals surface area (Å²) in [5.74, 6) is 2.02. The van der Waals surface area contributed by atoms with Crippen molar-refractivity contribution in [3.63, 3.8) is 0 Å². The SMILES string of the molecule is CCC(CCC1=CC=CCC=C1)NC/C=C(\NC(=NC)N1CCN(Cc2ccccc2)CC1)N(C)C. The van der Waals surface area contributed by atoms with E-state index in [0.717, 1.165) is 76.7 Å². The van der Waals surface area contributed by atoms with Gasteiger partial charge in [0.15, 0.2) is 5.96 Å². The van der Waals surface area contributed by atoms with Crippen LogP contribution in [0.1, 0.15) is 38.2 Å². The standard InChI is InChI=1S/C30H46N6/c1-5-28(18-17-26-13-9-6-7-10-14-26)32-20-19-29(34(3)4)33-30(31-2)36-23-21-35(22-24-36)25-27-15-11-8-12-16-27/h6,8-16,19,28,32H,5,7,17-18,20-25H2,1-4H3,(H,31,33)/b29-19+. The van der Waals surface area contributed by atoms with Crippen LogP contribution in [0.15, 0.2) is 83.2 Å². The highest BCUT2D eigenvalue weighted by Crippen LogP contribution is 2.14. The van der Waals surface area contributed by atoms with Crippen LogP contribution >= 0.6 is 0 Å². The summed E-state index contributed by atoms with van der Waals surface area (Å²) in [6, 6.07) is 11.2. The van der Waals surface area contributed by atoms with Crippen molar-refractivity contribution in [1.29, 1.82) is 0 Å². The zero-order chi connectivity index (χ0) is 25.6. The number of rotatable bonds is 11. The molecular formula is C30H46N6. The van der Waals surface area contributed by atoms with Gasteiger partial charge < -0.3 is 20.4 Å². The minimum Gasteiger partial charge on any atom is -0.364 e. The van der Waals surface area contributed by atoms with Gasteiger partial charge in [-0.25, -0.2) is 0 Å². The normalized spacial score (nSPS) is 18.1. The van der Waals surface area contributed by atoms with Gasteiger partial charge in [0.05, 0.1) is 0 Å². The van der Waals surface area contributed by atoms with E-state index in [1.165, 1.54) is 11.1 Å². The average Bonchev–Trinajstić information content (AvgIpc) is 3.18. The molecule has 1 aliphatic carbocycles. The molecule has 1 fully saturated rings. The second-order valence-electron chi connectivity index (χ2n) is 9.76. The zero-order valence-corrected chi connectivity index (χ0v) is 22.8. The fraction of sp³-hybridized carbons (Fsp3) is 0.500. The molecule has 196 valence electrons. The van der Waals surface area contributed by atoms with E-state index in [4.69, 9.17) is 0 Å². The molecule has 0 radical (unpaired) electrons. The molecule has 1 aliphatic heterocycles. The van der Waals surface area contributed by atoms with E-state index in [1.54, 1.807) is 0 Å². The molecule has 36 heavy (non-hydrogen) atoms. The van der Waals surface area contributed by atoms with Crippen LogP contribution in [0, 0.1) is 0 Å². The molecule has 0 amide bonds. The topological polar surface area (TPSA) is 46.1 Å². The molecule has 6 heteroatoms. The van der Waals surface area contributed by atoms with Gasteiger partial charge in [0.1, 0.15) is 5.82 Å². The molecule has 1 saturated heterocycles. The first-order chi connectivity index (χ1) is 17.6. The van der Waals surface area contributed by atoms with E-state index in [-0.39, 0.29) is 0 Å². The van der Waals surface area contributed by atoms with Crippen LogP contribution in [0.5, 0.6) is 0 Å². The Morgan fingerprint density at radius 2 is 1.89 bits per heavy atom. The summed E-state index contributed by atoms with van der Waals surface area (Å²) in [6.45, 7) is 8.14. The van der Waals surface area contributed by atoms with Crippen LogP contribution in [0.2, 0.25) is 0 Å². The highest BCUT2D eigenvalue weighted by Gasteiger charge is 2.20. The van der Waals surface area contributed by atoms with Crippen LogP contribution in [-0.2, 0) is 6.54 Å². The average molecular weight is 491 g/mol. The highest BCUT2D eigenvalue weighted by molar-refractivity contribution is 5.81. The molecule has 1 heterocycles. The first kappa shape index (κ1) is 27.8. The number of hydrogen-bond donors (Lipinski definition) is 2. The molecule has 1 aromatic carbocycles. The minimum absolute atomic E-state index is 0.503. The van der Waals surface area contributed by atoms with E-state index in [0.29, 0.717) is 6.04 Å². The first-order valence-corrected chi connectivity index (χ1v) is 13.5. The van der Waals surface area contributed by atoms with Gasteiger partial charge in [-0.05, 0) is 42.9 Å². The maximum Gasteiger partial charge on any atom is 0.199 e. The lowest BCUT2D eigenvalue weighted by molar-refractivity contribution is 0.172. The molecule has 0 saturated carbocycles. The highest BCUT2D eigenvalue weighted by atomic mass is 15.4. The van der Waals surface area contributed by atoms with Gasteiger partial charge in [-0.15, -0.1) is 0 Å². The Hall–Kier alpha value is -2.83. The van der Waals surface area contributed by atoms with Crippen molar-refractivity contribution in [2.24, 2.45) is 4.99 Å². The number of aliphatic imine (C=N–C) groups is 1. The number of nitrogens with zero attached hydrogens (tertiary/aromatic N) is 4. The summed E-state index contributed by atoms with van der Waals surface area (Å²) < 4.78 is 0. The summed E-state index contributed by atoms with van der Waals surface area (Å²) in [6.07, 6.45) is 17.8. The number of guanidine groups is 1. The lowest BCUT2D eigenvalue weighted by Crippen LogP contribution is -2.52. The Bertz CT molecular complexity index is 920. The van der Waals surface area contributed by atoms with Crippen molar-refractivity contribution in [3.8, 4) is 0 Å². The summed E-state index contributed by atoms with van der Waals surface area (Å²) in [5.41, 5.74) is 2.80. The number of hydrogen-bond acceptors (Lipinski definition) is 4. The molecule has 2 aliphatic rings. The Balaban J connectivity index is 1.47. The molecule has 0 spiro atoms. The number of piperazine rings is 1. The fourth-order valence-electron chi connectivity index (χ4n) is 4.60. The molecule has 0 aromatic heterocycles. The zero-order valence-electron chi connectivity index (χ0n) is 22.8. The predicted molar refractivity (Wildman–Crippen MR) is 154 cm³/mol. The maximum atomic E-state index is 4.60. The minimum atomic E-state index is 0.503. The summed E-state index contributed by atoms with van der Waals surface area (Å²) in [5, 5.41) is 7.34. The maximum absolute atomic E-state index is 4.60. The van der Waals surface area contributed by atoms with Gasteiger partial charge in [-0.1, -0.05) is 67.6 Å². The van der Waals surface area contributed by atoms with E-state index in [9.17, 15) is 0 Å². The summed E-state index contributed by atoms with van der Waals surface area (Å²) in [4.78, 5) is 11.6. The van der Waals surface area contributed by atoms with Gasteiger partial charge >= 0.3 is 0 Å². The second-order valence-corrected chi connectivity index (χ2v) is 9.76. The Kier molecular flexibility index (Phi) is 11.8. The predicted octanol–water partition coefficient (Wildman–Crippen LogP) is 4.37. The van der Waals surface area contributed by atoms with Crippen molar-refractivity contribution in [1.82, 2.24) is 25.3 Å². The van der Waals surface area contributed by atoms with E-state index in [2.05, 4.69) is 118 Å². The smallest absolute Gasteiger partial charge is 0.199 e. The third-order valence-corrected chi connectivity index (χ3v) is 6.88. The van der Waals surface area contributed by atoms with E-state index < -0.39 is 0 Å². The van der Waals surface area contributed by atoms with Crippen molar-refractivity contribution < 1.29 is 0 Å². The lowest BCUT2D eigenvalue weighted by atomic mass is 10.0. The van der Waals surface area contributed by atoms with Crippen LogP contribution < -0.4 is 10.6 Å². The van der Waals surface area contributed by atoms with Gasteiger partial charge in [-0.2, -0.15) is 0 Å². The number of benzene rings is 1. The van der Waals surface area contributed by atoms with Crippen LogP contribution in [-0.4, -0.2) is 80.6 Å². The molecule has 0 bridgehead atoms. The van der Waals surface area contributed by atoms with E-state index >= 15 is 0 Å². The molecule has 2 N–H and O–H groups in total. The molecule has 3 rings (SSSR count). The Morgan fingerprint density at radius 3 is 2.58 bits per heavy atom. The second kappa shape index (κ2) is 15.3. The van der Waals surface area contributed by atoms with Crippen LogP contribution in [0.4, 0.5) is 0 Å². The quantitative estimate of drug-likeness (QED) is 0.356. The number of allylic oxidation sites excluding steroid dienone is 6. The third-order valence-electron chi connectivity index (χ3n) is 6.88. The summed E-state index contributed by atoms with van der Waals surface area (Å²) >= 11 is 0. The molecular weight excluding hydrogens is 444 g/mol. The van der Waals surface area contributed by atoms with Gasteiger partial charge in [0.25, 0.3) is 0 Å². The first-order valence-electron chi connectivity index (χ1n) is 13.5. The summed E-state index contributed by atoms with van der Waals surface area (Å²) in [7, 11) is 6.04. The van der Waals surface area contributed by atoms with Crippen LogP contribution in [0.3, 0.4) is 0 Å². The fourth-order valence-corrected chi connectivity index (χ4v) is 4.60. The molecule has 1 atom stereocenters. The van der Waals surface area contributed by atoms with Crippen molar-refractivity contribution in [2.45, 2.75) is 45.2 Å². The van der Waals surface area contributed by atoms with Gasteiger partial charge in [0, 0.05) is 66.5 Å². The van der Waals surface area contributed by atoms with E-state index in [1.807, 2.05) is 7.05 Å². The molecule has 1 aromatic rings. The Labute approximate surface area is 219 Å². The Morgan fingerprint density at radius 1 is 1.11 bits per heavy atom. The van der Waals surface area contributed by atoms with Gasteiger partial charge in [-0.3, -0.25) is 9.89 Å². The largest absolute Gasteiger partial charge is 0.364 e. The van der Waals surface area contributed by atoms with Crippen LogP contribution in [0.25, 0.3) is 0 Å². The molecule has 1 unspecified atom stereocenters. The third kappa shape index (κ3) is 9.32. The van der Waals surface area contributed by atoms with Crippen molar-refractivity contribution in [3.05, 3.63) is 83.7 Å². The number of nitrogens with one attached hydrogen (secondary N) is 2. The molecule has 6 nitrogen and oxygen atoms in total.